The molecule has 0 radical (unpaired) electrons. The van der Waals surface area contributed by atoms with Gasteiger partial charge >= 0.3 is 0 Å². The van der Waals surface area contributed by atoms with Crippen molar-refractivity contribution in [2.75, 3.05) is 6.54 Å². The first-order valence-electron chi connectivity index (χ1n) is 3.75. The fourth-order valence-electron chi connectivity index (χ4n) is 0.812. The van der Waals surface area contributed by atoms with Crippen LogP contribution in [0.1, 0.15) is 12.7 Å². The normalized spacial score (nSPS) is 9.62. The summed E-state index contributed by atoms with van der Waals surface area (Å²) in [5.41, 5.74) is 0. The molecule has 0 unspecified atom stereocenters. The van der Waals surface area contributed by atoms with E-state index in [0.29, 0.717) is 16.0 Å². The summed E-state index contributed by atoms with van der Waals surface area (Å²) in [5, 5.41) is 12.3. The van der Waals surface area contributed by atoms with Crippen molar-refractivity contribution in [1.29, 1.82) is 0 Å². The fourth-order valence-corrected chi connectivity index (χ4v) is 1.25. The lowest BCUT2D eigenvalue weighted by atomic mass is 10.3. The number of thiocarbonyl (C=S) groups is 1. The van der Waals surface area contributed by atoms with Gasteiger partial charge in [-0.25, -0.2) is 0 Å². The molecule has 5 heteroatoms. The third-order valence-electron chi connectivity index (χ3n) is 1.40. The SMILES string of the molecule is CCNC(=S)c1occc(=S)c1O. The van der Waals surface area contributed by atoms with Gasteiger partial charge in [-0.2, -0.15) is 0 Å². The molecule has 3 nitrogen and oxygen atoms in total. The molecule has 1 rings (SSSR count). The molecule has 0 aliphatic heterocycles. The highest BCUT2D eigenvalue weighted by Crippen LogP contribution is 2.18. The van der Waals surface area contributed by atoms with Crippen LogP contribution in [-0.4, -0.2) is 16.6 Å². The number of hydrogen-bond donors (Lipinski definition) is 2. The molecule has 0 saturated heterocycles. The summed E-state index contributed by atoms with van der Waals surface area (Å²) in [5.74, 6) is 0.146. The van der Waals surface area contributed by atoms with E-state index in [1.54, 1.807) is 0 Å². The predicted octanol–water partition coefficient (Wildman–Crippen LogP) is 2.00. The lowest BCUT2D eigenvalue weighted by molar-refractivity contribution is 0.427. The molecule has 0 bridgehead atoms. The van der Waals surface area contributed by atoms with Crippen LogP contribution in [0.25, 0.3) is 0 Å². The molecule has 0 amide bonds. The van der Waals surface area contributed by atoms with E-state index in [1.165, 1.54) is 12.3 Å². The average Bonchev–Trinajstić information content (AvgIpc) is 2.10. The van der Waals surface area contributed by atoms with Crippen LogP contribution in [-0.2, 0) is 0 Å². The van der Waals surface area contributed by atoms with Crippen LogP contribution in [0.4, 0.5) is 0 Å². The van der Waals surface area contributed by atoms with Gasteiger partial charge in [0.15, 0.2) is 5.75 Å². The van der Waals surface area contributed by atoms with Crippen molar-refractivity contribution in [3.8, 4) is 5.75 Å². The van der Waals surface area contributed by atoms with Crippen LogP contribution in [0.5, 0.6) is 5.75 Å². The standard InChI is InChI=1S/C8H9NO2S2/c1-2-9-8(13)7-6(10)5(12)3-4-11-7/h3-4,10H,2H2,1H3,(H,9,13). The summed E-state index contributed by atoms with van der Waals surface area (Å²) >= 11 is 9.80. The average molecular weight is 215 g/mol. The molecule has 1 heterocycles. The Bertz CT molecular complexity index is 373. The molecular formula is C8H9NO2S2. The lowest BCUT2D eigenvalue weighted by Crippen LogP contribution is -2.21. The second kappa shape index (κ2) is 4.34. The highest BCUT2D eigenvalue weighted by Gasteiger charge is 2.09. The van der Waals surface area contributed by atoms with Gasteiger partial charge in [-0.05, 0) is 13.0 Å². The molecular weight excluding hydrogens is 206 g/mol. The van der Waals surface area contributed by atoms with Crippen molar-refractivity contribution in [2.45, 2.75) is 6.92 Å². The van der Waals surface area contributed by atoms with E-state index in [2.05, 4.69) is 5.32 Å². The van der Waals surface area contributed by atoms with Gasteiger partial charge in [0.25, 0.3) is 0 Å². The topological polar surface area (TPSA) is 45.4 Å². The van der Waals surface area contributed by atoms with Crippen molar-refractivity contribution in [3.63, 3.8) is 0 Å². The molecule has 2 N–H and O–H groups in total. The Kier molecular flexibility index (Phi) is 3.39. The van der Waals surface area contributed by atoms with Crippen LogP contribution in [0.2, 0.25) is 0 Å². The molecule has 1 aromatic heterocycles. The Morgan fingerprint density at radius 1 is 1.69 bits per heavy atom. The van der Waals surface area contributed by atoms with Crippen LogP contribution in [0.3, 0.4) is 0 Å². The largest absolute Gasteiger partial charge is 0.503 e. The van der Waals surface area contributed by atoms with E-state index in [-0.39, 0.29) is 11.5 Å². The Labute approximate surface area is 86.4 Å². The highest BCUT2D eigenvalue weighted by molar-refractivity contribution is 7.80. The van der Waals surface area contributed by atoms with E-state index in [0.717, 1.165) is 0 Å². The van der Waals surface area contributed by atoms with Gasteiger partial charge in [-0.15, -0.1) is 0 Å². The molecule has 13 heavy (non-hydrogen) atoms. The zero-order valence-corrected chi connectivity index (χ0v) is 8.67. The predicted molar refractivity (Wildman–Crippen MR) is 56.6 cm³/mol. The van der Waals surface area contributed by atoms with Crippen LogP contribution in [0.15, 0.2) is 16.7 Å². The Balaban J connectivity index is 3.08. The minimum Gasteiger partial charge on any atom is -0.503 e. The van der Waals surface area contributed by atoms with Crippen LogP contribution in [0, 0.1) is 4.51 Å². The minimum absolute atomic E-state index is 0.0801. The highest BCUT2D eigenvalue weighted by atomic mass is 32.1. The molecule has 0 saturated carbocycles. The number of aromatic hydroxyl groups is 1. The van der Waals surface area contributed by atoms with Crippen molar-refractivity contribution < 1.29 is 9.52 Å². The Hall–Kier alpha value is -0.940. The van der Waals surface area contributed by atoms with E-state index in [1.807, 2.05) is 6.92 Å². The zero-order valence-electron chi connectivity index (χ0n) is 7.03. The summed E-state index contributed by atoms with van der Waals surface area (Å²) in [4.78, 5) is 0.367. The van der Waals surface area contributed by atoms with Gasteiger partial charge in [0, 0.05) is 6.54 Å². The third kappa shape index (κ3) is 2.26. The van der Waals surface area contributed by atoms with E-state index >= 15 is 0 Å². The maximum atomic E-state index is 9.47. The van der Waals surface area contributed by atoms with Crippen molar-refractivity contribution in [3.05, 3.63) is 22.6 Å². The van der Waals surface area contributed by atoms with Gasteiger partial charge < -0.3 is 14.8 Å². The lowest BCUT2D eigenvalue weighted by Gasteiger charge is -2.05. The van der Waals surface area contributed by atoms with Crippen molar-refractivity contribution in [1.82, 2.24) is 5.32 Å². The maximum absolute atomic E-state index is 9.47. The minimum atomic E-state index is -0.0801. The number of nitrogens with one attached hydrogen (secondary N) is 1. The zero-order chi connectivity index (χ0) is 9.84. The summed E-state index contributed by atoms with van der Waals surface area (Å²) in [6.07, 6.45) is 1.40. The summed E-state index contributed by atoms with van der Waals surface area (Å²) in [6, 6.07) is 1.50. The van der Waals surface area contributed by atoms with E-state index in [4.69, 9.17) is 28.9 Å². The van der Waals surface area contributed by atoms with Gasteiger partial charge in [0.05, 0.1) is 10.8 Å². The van der Waals surface area contributed by atoms with Gasteiger partial charge in [0.2, 0.25) is 5.76 Å². The molecule has 0 aliphatic rings. The van der Waals surface area contributed by atoms with E-state index in [9.17, 15) is 5.11 Å². The molecule has 0 spiro atoms. The monoisotopic (exact) mass is 215 g/mol. The molecule has 0 aliphatic carbocycles. The summed E-state index contributed by atoms with van der Waals surface area (Å²) in [6.45, 7) is 2.58. The van der Waals surface area contributed by atoms with Gasteiger partial charge in [0.1, 0.15) is 4.99 Å². The fraction of sp³-hybridized carbons (Fsp3) is 0.250. The van der Waals surface area contributed by atoms with Gasteiger partial charge in [-0.3, -0.25) is 0 Å². The van der Waals surface area contributed by atoms with Crippen LogP contribution >= 0.6 is 24.4 Å². The summed E-state index contributed by atoms with van der Waals surface area (Å²) < 4.78 is 5.37. The van der Waals surface area contributed by atoms with E-state index < -0.39 is 0 Å². The molecule has 0 atom stereocenters. The number of hydrogen-bond acceptors (Lipinski definition) is 4. The quantitative estimate of drug-likeness (QED) is 0.739. The first-order valence-corrected chi connectivity index (χ1v) is 4.57. The first kappa shape index (κ1) is 10.1. The van der Waals surface area contributed by atoms with Gasteiger partial charge in [-0.1, -0.05) is 24.4 Å². The Morgan fingerprint density at radius 3 is 3.00 bits per heavy atom. The second-order valence-electron chi connectivity index (χ2n) is 2.32. The number of rotatable bonds is 2. The molecule has 1 aromatic rings. The summed E-state index contributed by atoms with van der Waals surface area (Å²) in [7, 11) is 0. The smallest absolute Gasteiger partial charge is 0.203 e. The molecule has 0 aromatic carbocycles. The molecule has 70 valence electrons. The third-order valence-corrected chi connectivity index (χ3v) is 2.06. The van der Waals surface area contributed by atoms with Crippen molar-refractivity contribution >= 4 is 29.4 Å². The second-order valence-corrected chi connectivity index (χ2v) is 3.17. The molecule has 0 fully saturated rings. The van der Waals surface area contributed by atoms with Crippen molar-refractivity contribution in [2.24, 2.45) is 0 Å². The first-order chi connectivity index (χ1) is 6.16. The van der Waals surface area contributed by atoms with Crippen LogP contribution < -0.4 is 5.32 Å². The Morgan fingerprint density at radius 2 is 2.38 bits per heavy atom. The maximum Gasteiger partial charge on any atom is 0.203 e.